The normalized spacial score (nSPS) is 11.3. The molecule has 0 N–H and O–H groups in total. The fraction of sp³-hybridized carbons (Fsp3) is 0.353. The van der Waals surface area contributed by atoms with Crippen molar-refractivity contribution in [2.24, 2.45) is 0 Å². The molecule has 0 aliphatic rings. The summed E-state index contributed by atoms with van der Waals surface area (Å²) in [7, 11) is 5.47. The lowest BCUT2D eigenvalue weighted by Gasteiger charge is -2.20. The smallest absolute Gasteiger partial charge is 0.298 e. The van der Waals surface area contributed by atoms with E-state index >= 15 is 0 Å². The van der Waals surface area contributed by atoms with E-state index < -0.39 is 0 Å². The molecule has 0 aliphatic heterocycles. The molecule has 7 nitrogen and oxygen atoms in total. The van der Waals surface area contributed by atoms with Crippen LogP contribution in [0.15, 0.2) is 22.7 Å². The molecule has 0 saturated heterocycles. The van der Waals surface area contributed by atoms with E-state index in [1.807, 2.05) is 19.0 Å². The number of fused-ring (bicyclic) bond motifs is 1. The molecule has 138 valence electrons. The summed E-state index contributed by atoms with van der Waals surface area (Å²) in [6, 6.07) is 5.14. The lowest BCUT2D eigenvalue weighted by atomic mass is 10.3. The topological polar surface area (TPSA) is 71.7 Å². The quantitative estimate of drug-likeness (QED) is 0.637. The van der Waals surface area contributed by atoms with Crippen LogP contribution in [0.4, 0.5) is 5.13 Å². The van der Waals surface area contributed by atoms with Gasteiger partial charge in [-0.3, -0.25) is 9.69 Å². The monoisotopic (exact) mass is 394 g/mol. The van der Waals surface area contributed by atoms with Crippen LogP contribution in [0.5, 0.6) is 5.75 Å². The molecule has 0 fully saturated rings. The molecule has 0 bridgehead atoms. The van der Waals surface area contributed by atoms with Crippen molar-refractivity contribution in [3.8, 4) is 5.75 Å². The maximum atomic E-state index is 13.0. The highest BCUT2D eigenvalue weighted by molar-refractivity contribution is 7.23. The zero-order valence-corrected chi connectivity index (χ0v) is 16.5. The number of aromatic nitrogens is 2. The van der Waals surface area contributed by atoms with Crippen LogP contribution in [-0.4, -0.2) is 55.2 Å². The molecule has 3 rings (SSSR count). The summed E-state index contributed by atoms with van der Waals surface area (Å²) < 4.78 is 11.3. The molecule has 0 unspecified atom stereocenters. The number of methoxy groups -OCH3 is 1. The fourth-order valence-corrected chi connectivity index (χ4v) is 3.68. The first-order chi connectivity index (χ1) is 12.4. The highest BCUT2D eigenvalue weighted by Gasteiger charge is 2.25. The summed E-state index contributed by atoms with van der Waals surface area (Å²) in [5.41, 5.74) is 1.28. The Morgan fingerprint density at radius 1 is 1.35 bits per heavy atom. The summed E-state index contributed by atoms with van der Waals surface area (Å²) >= 11 is 7.65. The van der Waals surface area contributed by atoms with Crippen molar-refractivity contribution in [3.05, 3.63) is 34.7 Å². The molecule has 2 heterocycles. The van der Waals surface area contributed by atoms with E-state index in [0.29, 0.717) is 40.2 Å². The number of hydrogen-bond acceptors (Lipinski definition) is 7. The Labute approximate surface area is 160 Å². The highest BCUT2D eigenvalue weighted by Crippen LogP contribution is 2.39. The number of rotatable bonds is 6. The molecule has 0 atom stereocenters. The Balaban J connectivity index is 2.05. The van der Waals surface area contributed by atoms with Crippen LogP contribution in [0.1, 0.15) is 16.2 Å². The third-order valence-electron chi connectivity index (χ3n) is 3.75. The van der Waals surface area contributed by atoms with Crippen LogP contribution in [-0.2, 0) is 0 Å². The number of anilines is 1. The van der Waals surface area contributed by atoms with Crippen molar-refractivity contribution in [2.45, 2.75) is 6.92 Å². The molecule has 0 radical (unpaired) electrons. The predicted octanol–water partition coefficient (Wildman–Crippen LogP) is 3.46. The molecule has 2 aromatic heterocycles. The van der Waals surface area contributed by atoms with E-state index in [4.69, 9.17) is 20.9 Å². The lowest BCUT2D eigenvalue weighted by Crippen LogP contribution is -2.36. The minimum absolute atomic E-state index is 0.179. The van der Waals surface area contributed by atoms with Crippen molar-refractivity contribution in [1.29, 1.82) is 0 Å². The van der Waals surface area contributed by atoms with Gasteiger partial charge < -0.3 is 14.2 Å². The first-order valence-corrected chi connectivity index (χ1v) is 9.13. The van der Waals surface area contributed by atoms with Crippen LogP contribution < -0.4 is 9.64 Å². The number of benzene rings is 1. The van der Waals surface area contributed by atoms with Crippen LogP contribution in [0.3, 0.4) is 0 Å². The summed E-state index contributed by atoms with van der Waals surface area (Å²) in [4.78, 5) is 21.1. The van der Waals surface area contributed by atoms with Crippen molar-refractivity contribution < 1.29 is 14.1 Å². The van der Waals surface area contributed by atoms with E-state index in [-0.39, 0.29) is 11.7 Å². The van der Waals surface area contributed by atoms with Gasteiger partial charge in [-0.15, -0.1) is 0 Å². The van der Waals surface area contributed by atoms with E-state index in [0.717, 1.165) is 4.70 Å². The van der Waals surface area contributed by atoms with Crippen molar-refractivity contribution >= 4 is 44.2 Å². The molecule has 9 heteroatoms. The summed E-state index contributed by atoms with van der Waals surface area (Å²) in [6.45, 7) is 2.89. The van der Waals surface area contributed by atoms with Crippen LogP contribution >= 0.6 is 22.9 Å². The predicted molar refractivity (Wildman–Crippen MR) is 103 cm³/mol. The van der Waals surface area contributed by atoms with Crippen molar-refractivity contribution in [2.75, 3.05) is 39.2 Å². The third kappa shape index (κ3) is 3.67. The largest absolute Gasteiger partial charge is 0.494 e. The number of ether oxygens (including phenoxy) is 1. The fourth-order valence-electron chi connectivity index (χ4n) is 2.40. The Morgan fingerprint density at radius 2 is 2.12 bits per heavy atom. The molecule has 0 saturated carbocycles. The first-order valence-electron chi connectivity index (χ1n) is 7.93. The van der Waals surface area contributed by atoms with Gasteiger partial charge in [0.1, 0.15) is 11.3 Å². The number of carbonyl (C=O) groups is 1. The maximum Gasteiger partial charge on any atom is 0.298 e. The zero-order chi connectivity index (χ0) is 18.8. The van der Waals surface area contributed by atoms with Crippen LogP contribution in [0, 0.1) is 6.92 Å². The highest BCUT2D eigenvalue weighted by atomic mass is 35.5. The number of carbonyl (C=O) groups excluding carboxylic acids is 1. The van der Waals surface area contributed by atoms with Gasteiger partial charge in [0.2, 0.25) is 5.76 Å². The second-order valence-electron chi connectivity index (χ2n) is 6.02. The number of likely N-dealkylation sites (N-methyl/N-ethyl adjacent to an activating group) is 1. The van der Waals surface area contributed by atoms with Gasteiger partial charge in [0.05, 0.1) is 22.5 Å². The Bertz CT molecular complexity index is 937. The average molecular weight is 395 g/mol. The molecular weight excluding hydrogens is 376 g/mol. The Hall–Kier alpha value is -2.16. The second kappa shape index (κ2) is 7.61. The number of aryl methyl sites for hydroxylation is 1. The summed E-state index contributed by atoms with van der Waals surface area (Å²) in [6.07, 6.45) is 0. The third-order valence-corrected chi connectivity index (χ3v) is 5.29. The summed E-state index contributed by atoms with van der Waals surface area (Å²) in [5, 5.41) is 4.91. The molecule has 26 heavy (non-hydrogen) atoms. The van der Waals surface area contributed by atoms with E-state index in [1.165, 1.54) is 11.3 Å². The molecular formula is C17H19ClN4O3S. The Kier molecular flexibility index (Phi) is 5.45. The van der Waals surface area contributed by atoms with Gasteiger partial charge in [0, 0.05) is 19.2 Å². The number of amides is 1. The average Bonchev–Trinajstić information content (AvgIpc) is 3.22. The van der Waals surface area contributed by atoms with Crippen LogP contribution in [0.2, 0.25) is 5.02 Å². The first kappa shape index (κ1) is 18.6. The van der Waals surface area contributed by atoms with E-state index in [2.05, 4.69) is 10.1 Å². The van der Waals surface area contributed by atoms with Gasteiger partial charge in [0.15, 0.2) is 5.13 Å². The number of hydrogen-bond donors (Lipinski definition) is 0. The van der Waals surface area contributed by atoms with E-state index in [9.17, 15) is 4.79 Å². The standard InChI is InChI=1S/C17H19ClN4O3S/c1-10-9-13(25-20-10)16(23)22(8-7-21(2)3)17-19-14-12(24-4)6-5-11(18)15(14)26-17/h5-6,9H,7-8H2,1-4H3. The molecule has 0 aliphatic carbocycles. The van der Waals surface area contributed by atoms with Crippen LogP contribution in [0.25, 0.3) is 10.2 Å². The molecule has 3 aromatic rings. The SMILES string of the molecule is COc1ccc(Cl)c2sc(N(CCN(C)C)C(=O)c3cc(C)no3)nc12. The van der Waals surface area contributed by atoms with Gasteiger partial charge in [-0.1, -0.05) is 28.1 Å². The van der Waals surface area contributed by atoms with Gasteiger partial charge in [0.25, 0.3) is 5.91 Å². The van der Waals surface area contributed by atoms with Gasteiger partial charge in [-0.25, -0.2) is 4.98 Å². The van der Waals surface area contributed by atoms with Crippen molar-refractivity contribution in [1.82, 2.24) is 15.0 Å². The van der Waals surface area contributed by atoms with Crippen molar-refractivity contribution in [3.63, 3.8) is 0 Å². The number of nitrogens with zero attached hydrogens (tertiary/aromatic N) is 4. The number of thiazole rings is 1. The Morgan fingerprint density at radius 3 is 2.73 bits per heavy atom. The minimum atomic E-state index is -0.290. The van der Waals surface area contributed by atoms with Gasteiger partial charge in [-0.2, -0.15) is 0 Å². The molecule has 1 aromatic carbocycles. The van der Waals surface area contributed by atoms with Gasteiger partial charge >= 0.3 is 0 Å². The second-order valence-corrected chi connectivity index (χ2v) is 7.40. The van der Waals surface area contributed by atoms with Gasteiger partial charge in [-0.05, 0) is 33.2 Å². The summed E-state index contributed by atoms with van der Waals surface area (Å²) in [5.74, 6) is 0.502. The molecule has 0 spiro atoms. The lowest BCUT2D eigenvalue weighted by molar-refractivity contribution is 0.0949. The minimum Gasteiger partial charge on any atom is -0.494 e. The zero-order valence-electron chi connectivity index (χ0n) is 14.9. The molecule has 1 amide bonds. The van der Waals surface area contributed by atoms with E-state index in [1.54, 1.807) is 37.1 Å². The maximum absolute atomic E-state index is 13.0. The number of halogens is 1.